The number of aromatic nitrogens is 2. The minimum Gasteiger partial charge on any atom is -0.481 e. The van der Waals surface area contributed by atoms with Gasteiger partial charge >= 0.3 is 5.97 Å². The molecule has 1 heterocycles. The van der Waals surface area contributed by atoms with Gasteiger partial charge < -0.3 is 15.7 Å². The van der Waals surface area contributed by atoms with Crippen molar-refractivity contribution in [2.75, 3.05) is 10.6 Å². The molecule has 160 valence electrons. The summed E-state index contributed by atoms with van der Waals surface area (Å²) in [4.78, 5) is 21.1. The van der Waals surface area contributed by atoms with Gasteiger partial charge in [-0.1, -0.05) is 48.9 Å². The van der Waals surface area contributed by atoms with Crippen molar-refractivity contribution in [3.05, 3.63) is 66.2 Å². The normalized spacial score (nSPS) is 15.1. The highest BCUT2D eigenvalue weighted by atomic mass is 16.4. The number of nitrogens with one attached hydrogen (secondary N) is 2. The molecule has 1 fully saturated rings. The van der Waals surface area contributed by atoms with Crippen LogP contribution in [0.15, 0.2) is 60.7 Å². The van der Waals surface area contributed by atoms with Crippen molar-refractivity contribution in [3.8, 4) is 11.3 Å². The molecule has 3 aromatic rings. The summed E-state index contributed by atoms with van der Waals surface area (Å²) in [6, 6.07) is 19.5. The zero-order chi connectivity index (χ0) is 22.1. The number of anilines is 3. The third-order valence-corrected chi connectivity index (χ3v) is 5.61. The maximum absolute atomic E-state index is 11.8. The van der Waals surface area contributed by atoms with E-state index in [1.807, 2.05) is 60.7 Å². The predicted octanol–water partition coefficient (Wildman–Crippen LogP) is 5.60. The highest BCUT2D eigenvalue weighted by Gasteiger charge is 2.45. The van der Waals surface area contributed by atoms with E-state index in [-0.39, 0.29) is 5.54 Å². The van der Waals surface area contributed by atoms with Crippen LogP contribution in [0.4, 0.5) is 17.5 Å². The maximum Gasteiger partial charge on any atom is 0.314 e. The topological polar surface area (TPSA) is 87.1 Å². The summed E-state index contributed by atoms with van der Waals surface area (Å²) in [5, 5.41) is 16.4. The minimum absolute atomic E-state index is 0.178. The zero-order valence-corrected chi connectivity index (χ0v) is 18.1. The van der Waals surface area contributed by atoms with Crippen LogP contribution in [0.3, 0.4) is 0 Å². The zero-order valence-electron chi connectivity index (χ0n) is 18.1. The second-order valence-electron chi connectivity index (χ2n) is 9.15. The summed E-state index contributed by atoms with van der Waals surface area (Å²) in [7, 11) is 0. The summed E-state index contributed by atoms with van der Waals surface area (Å²) in [5.74, 6) is 0.484. The van der Waals surface area contributed by atoms with E-state index in [2.05, 4.69) is 41.4 Å². The van der Waals surface area contributed by atoms with Crippen molar-refractivity contribution in [3.63, 3.8) is 0 Å². The Labute approximate surface area is 182 Å². The van der Waals surface area contributed by atoms with Crippen LogP contribution in [0, 0.1) is 0 Å². The van der Waals surface area contributed by atoms with Crippen molar-refractivity contribution in [2.45, 2.75) is 51.0 Å². The van der Waals surface area contributed by atoms with E-state index in [1.165, 1.54) is 0 Å². The first kappa shape index (κ1) is 20.8. The summed E-state index contributed by atoms with van der Waals surface area (Å²) < 4.78 is 0. The molecule has 0 atom stereocenters. The lowest BCUT2D eigenvalue weighted by Crippen LogP contribution is -2.42. The molecular formula is C25H28N4O2. The highest BCUT2D eigenvalue weighted by Crippen LogP contribution is 2.44. The van der Waals surface area contributed by atoms with E-state index in [0.717, 1.165) is 28.9 Å². The molecule has 4 rings (SSSR count). The summed E-state index contributed by atoms with van der Waals surface area (Å²) in [5.41, 5.74) is 2.64. The molecule has 31 heavy (non-hydrogen) atoms. The van der Waals surface area contributed by atoms with Gasteiger partial charge in [-0.05, 0) is 51.3 Å². The molecule has 0 amide bonds. The molecule has 3 N–H and O–H groups in total. The fourth-order valence-corrected chi connectivity index (χ4v) is 3.84. The molecule has 0 aliphatic heterocycles. The van der Waals surface area contributed by atoms with Gasteiger partial charge in [0.05, 0.1) is 11.1 Å². The van der Waals surface area contributed by atoms with Crippen LogP contribution < -0.4 is 10.6 Å². The Balaban J connectivity index is 1.63. The Morgan fingerprint density at radius 2 is 1.68 bits per heavy atom. The van der Waals surface area contributed by atoms with E-state index in [9.17, 15) is 9.90 Å². The van der Waals surface area contributed by atoms with Crippen molar-refractivity contribution in [1.82, 2.24) is 9.97 Å². The van der Waals surface area contributed by atoms with Gasteiger partial charge in [-0.3, -0.25) is 4.79 Å². The lowest BCUT2D eigenvalue weighted by Gasteiger charge is -2.38. The first-order valence-corrected chi connectivity index (χ1v) is 10.6. The first-order valence-electron chi connectivity index (χ1n) is 10.6. The lowest BCUT2D eigenvalue weighted by molar-refractivity contribution is -0.147. The second-order valence-corrected chi connectivity index (χ2v) is 9.15. The number of carbonyl (C=O) groups is 1. The van der Waals surface area contributed by atoms with E-state index in [1.54, 1.807) is 0 Å². The molecule has 6 heteroatoms. The molecule has 1 aliphatic rings. The third-order valence-electron chi connectivity index (χ3n) is 5.61. The van der Waals surface area contributed by atoms with Crippen molar-refractivity contribution in [1.29, 1.82) is 0 Å². The standard InChI is InChI=1S/C25H28N4O2/c1-24(2,3)29-23-27-20(17-8-5-4-6-9-17)16-21(28-23)26-19-12-10-18(11-13-19)25(22(30)31)14-7-15-25/h4-6,8-13,16H,7,14-15H2,1-3H3,(H,30,31)(H2,26,27,28,29). The average molecular weight is 417 g/mol. The molecule has 1 aliphatic carbocycles. The van der Waals surface area contributed by atoms with Gasteiger partial charge in [0.2, 0.25) is 5.95 Å². The van der Waals surface area contributed by atoms with E-state index in [4.69, 9.17) is 0 Å². The monoisotopic (exact) mass is 416 g/mol. The fraction of sp³-hybridized carbons (Fsp3) is 0.320. The number of benzene rings is 2. The smallest absolute Gasteiger partial charge is 0.314 e. The number of carboxylic acid groups (broad SMARTS) is 1. The van der Waals surface area contributed by atoms with Crippen molar-refractivity contribution < 1.29 is 9.90 Å². The third kappa shape index (κ3) is 4.53. The van der Waals surface area contributed by atoms with Crippen LogP contribution in [-0.4, -0.2) is 26.6 Å². The van der Waals surface area contributed by atoms with Gasteiger partial charge in [0.15, 0.2) is 0 Å². The molecule has 0 unspecified atom stereocenters. The van der Waals surface area contributed by atoms with Gasteiger partial charge in [-0.2, -0.15) is 4.98 Å². The number of carboxylic acids is 1. The van der Waals surface area contributed by atoms with Crippen LogP contribution in [-0.2, 0) is 10.2 Å². The predicted molar refractivity (Wildman–Crippen MR) is 124 cm³/mol. The van der Waals surface area contributed by atoms with E-state index < -0.39 is 11.4 Å². The van der Waals surface area contributed by atoms with Gasteiger partial charge in [-0.25, -0.2) is 4.98 Å². The Hall–Kier alpha value is -3.41. The Morgan fingerprint density at radius 3 is 2.23 bits per heavy atom. The van der Waals surface area contributed by atoms with Crippen molar-refractivity contribution in [2.24, 2.45) is 0 Å². The van der Waals surface area contributed by atoms with Crippen LogP contribution in [0.25, 0.3) is 11.3 Å². The van der Waals surface area contributed by atoms with Gasteiger partial charge in [0.25, 0.3) is 0 Å². The summed E-state index contributed by atoms with van der Waals surface area (Å²) in [6.45, 7) is 6.20. The highest BCUT2D eigenvalue weighted by molar-refractivity contribution is 5.83. The van der Waals surface area contributed by atoms with Gasteiger partial charge in [0, 0.05) is 22.9 Å². The van der Waals surface area contributed by atoms with Crippen molar-refractivity contribution >= 4 is 23.4 Å². The molecule has 0 saturated heterocycles. The number of rotatable bonds is 6. The lowest BCUT2D eigenvalue weighted by atomic mass is 9.64. The number of aliphatic carboxylic acids is 1. The van der Waals surface area contributed by atoms with Crippen LogP contribution >= 0.6 is 0 Å². The summed E-state index contributed by atoms with van der Waals surface area (Å²) in [6.07, 6.45) is 2.35. The molecule has 6 nitrogen and oxygen atoms in total. The number of hydrogen-bond acceptors (Lipinski definition) is 5. The van der Waals surface area contributed by atoms with Crippen LogP contribution in [0.5, 0.6) is 0 Å². The summed E-state index contributed by atoms with van der Waals surface area (Å²) >= 11 is 0. The molecular weight excluding hydrogens is 388 g/mol. The fourth-order valence-electron chi connectivity index (χ4n) is 3.84. The second kappa shape index (κ2) is 8.02. The minimum atomic E-state index is -0.736. The van der Waals surface area contributed by atoms with Gasteiger partial charge in [-0.15, -0.1) is 0 Å². The molecule has 1 aromatic heterocycles. The number of nitrogens with zero attached hydrogens (tertiary/aromatic N) is 2. The number of hydrogen-bond donors (Lipinski definition) is 3. The first-order chi connectivity index (χ1) is 14.7. The van der Waals surface area contributed by atoms with Crippen LogP contribution in [0.1, 0.15) is 45.6 Å². The Morgan fingerprint density at radius 1 is 1.00 bits per heavy atom. The molecule has 0 radical (unpaired) electrons. The molecule has 1 saturated carbocycles. The van der Waals surface area contributed by atoms with Gasteiger partial charge in [0.1, 0.15) is 5.82 Å². The molecule has 2 aromatic carbocycles. The maximum atomic E-state index is 11.8. The Kier molecular flexibility index (Phi) is 5.39. The van der Waals surface area contributed by atoms with Crippen LogP contribution in [0.2, 0.25) is 0 Å². The SMILES string of the molecule is CC(C)(C)Nc1nc(Nc2ccc(C3(C(=O)O)CCC3)cc2)cc(-c2ccccc2)n1. The molecule has 0 spiro atoms. The van der Waals surface area contributed by atoms with E-state index in [0.29, 0.717) is 24.6 Å². The largest absolute Gasteiger partial charge is 0.481 e. The van der Waals surface area contributed by atoms with E-state index >= 15 is 0 Å². The molecule has 0 bridgehead atoms. The quantitative estimate of drug-likeness (QED) is 0.485. The average Bonchev–Trinajstić information content (AvgIpc) is 2.67. The Bertz CT molecular complexity index is 1070.